The van der Waals surface area contributed by atoms with Gasteiger partial charge in [0.25, 0.3) is 0 Å². The summed E-state index contributed by atoms with van der Waals surface area (Å²) in [7, 11) is 3.51. The number of hydrogen-bond acceptors (Lipinski definition) is 6. The summed E-state index contributed by atoms with van der Waals surface area (Å²) in [4.78, 5) is 13.6. The van der Waals surface area contributed by atoms with E-state index in [1.54, 1.807) is 11.8 Å². The third-order valence-electron chi connectivity index (χ3n) is 7.67. The zero-order chi connectivity index (χ0) is 29.1. The van der Waals surface area contributed by atoms with Gasteiger partial charge < -0.3 is 23.5 Å². The molecule has 0 saturated carbocycles. The van der Waals surface area contributed by atoms with Crippen molar-refractivity contribution in [3.8, 4) is 22.8 Å². The molecule has 0 unspecified atom stereocenters. The first-order chi connectivity index (χ1) is 20.6. The highest BCUT2D eigenvalue weighted by atomic mass is 16.5. The number of carbonyl (C=O) groups is 1. The molecule has 5 aromatic rings. The van der Waals surface area contributed by atoms with E-state index in [1.165, 1.54) is 0 Å². The van der Waals surface area contributed by atoms with Crippen molar-refractivity contribution in [2.75, 3.05) is 26.9 Å². The van der Waals surface area contributed by atoms with Crippen molar-refractivity contribution in [3.05, 3.63) is 89.8 Å². The molecule has 8 nitrogen and oxygen atoms in total. The van der Waals surface area contributed by atoms with Gasteiger partial charge >= 0.3 is 5.97 Å². The zero-order valence-corrected chi connectivity index (χ0v) is 24.3. The number of methoxy groups -OCH3 is 1. The molecule has 3 heterocycles. The van der Waals surface area contributed by atoms with Crippen LogP contribution in [0, 0.1) is 0 Å². The van der Waals surface area contributed by atoms with E-state index in [9.17, 15) is 4.79 Å². The average molecular weight is 566 g/mol. The quantitative estimate of drug-likeness (QED) is 0.122. The van der Waals surface area contributed by atoms with Crippen LogP contribution in [0.2, 0.25) is 0 Å². The first-order valence-electron chi connectivity index (χ1n) is 14.4. The van der Waals surface area contributed by atoms with Gasteiger partial charge in [-0.05, 0) is 36.8 Å². The molecule has 216 valence electrons. The molecule has 0 saturated heterocycles. The predicted octanol–water partition coefficient (Wildman–Crippen LogP) is 6.48. The maximum absolute atomic E-state index is 13.6. The van der Waals surface area contributed by atoms with Crippen LogP contribution in [0.4, 0.5) is 0 Å². The molecule has 0 spiro atoms. The monoisotopic (exact) mass is 565 g/mol. The third kappa shape index (κ3) is 5.03. The summed E-state index contributed by atoms with van der Waals surface area (Å²) in [6.07, 6.45) is 5.39. The van der Waals surface area contributed by atoms with Gasteiger partial charge in [0.15, 0.2) is 0 Å². The fourth-order valence-electron chi connectivity index (χ4n) is 5.94. The van der Waals surface area contributed by atoms with Crippen LogP contribution in [0.15, 0.2) is 72.8 Å². The van der Waals surface area contributed by atoms with Gasteiger partial charge in [-0.2, -0.15) is 5.10 Å². The zero-order valence-electron chi connectivity index (χ0n) is 24.3. The maximum Gasteiger partial charge on any atom is 0.355 e. The Balaban J connectivity index is 1.44. The van der Waals surface area contributed by atoms with Gasteiger partial charge in [-0.3, -0.25) is 0 Å². The van der Waals surface area contributed by atoms with Gasteiger partial charge in [0.1, 0.15) is 17.1 Å². The summed E-state index contributed by atoms with van der Waals surface area (Å²) in [5.74, 6) is 1.17. The number of allylic oxidation sites excluding steroid dienone is 1. The number of nitrogens with zero attached hydrogens (tertiary/aromatic N) is 3. The summed E-state index contributed by atoms with van der Waals surface area (Å²) >= 11 is 0. The molecule has 1 aliphatic rings. The van der Waals surface area contributed by atoms with Crippen LogP contribution < -0.4 is 9.47 Å². The second-order valence-electron chi connectivity index (χ2n) is 10.2. The lowest BCUT2D eigenvalue weighted by atomic mass is 9.99. The number of esters is 1. The van der Waals surface area contributed by atoms with Crippen LogP contribution in [-0.2, 0) is 36.1 Å². The lowest BCUT2D eigenvalue weighted by molar-refractivity contribution is 0.0513. The van der Waals surface area contributed by atoms with Crippen LogP contribution in [-0.4, -0.2) is 47.2 Å². The standard InChI is InChI=1S/C34H35N3O5/c1-4-41-34(38)32-26(17-11-21-42-29-18-9-13-23-12-5-6-14-24(23)29)25-15-10-16-27-30-28(35-36(2)33(30)39-3)22-40-20-8-7-19-37(32)31(25)27/h5-10,12-16,18H,4,11,17,19-22H2,1-3H3/b8-7-. The smallest absolute Gasteiger partial charge is 0.355 e. The molecular weight excluding hydrogens is 530 g/mol. The fraction of sp³-hybridized carbons (Fsp3) is 0.294. The molecule has 0 radical (unpaired) electrons. The molecule has 0 aliphatic carbocycles. The van der Waals surface area contributed by atoms with Crippen molar-refractivity contribution in [1.82, 2.24) is 14.3 Å². The van der Waals surface area contributed by atoms with Crippen LogP contribution in [0.5, 0.6) is 11.6 Å². The average Bonchev–Trinajstić information content (AvgIpc) is 3.49. The number of rotatable bonds is 8. The Morgan fingerprint density at radius 1 is 1.02 bits per heavy atom. The van der Waals surface area contributed by atoms with E-state index in [0.29, 0.717) is 51.0 Å². The normalized spacial score (nSPS) is 13.9. The highest BCUT2D eigenvalue weighted by Crippen LogP contribution is 2.41. The van der Waals surface area contributed by atoms with Crippen molar-refractivity contribution in [3.63, 3.8) is 0 Å². The highest BCUT2D eigenvalue weighted by molar-refractivity contribution is 6.05. The molecule has 42 heavy (non-hydrogen) atoms. The van der Waals surface area contributed by atoms with Crippen molar-refractivity contribution in [2.24, 2.45) is 7.05 Å². The molecule has 1 aliphatic heterocycles. The number of carbonyl (C=O) groups excluding carboxylic acids is 1. The van der Waals surface area contributed by atoms with Gasteiger partial charge in [-0.25, -0.2) is 9.48 Å². The minimum atomic E-state index is -0.331. The molecule has 2 aromatic heterocycles. The molecule has 0 atom stereocenters. The largest absolute Gasteiger partial charge is 0.493 e. The van der Waals surface area contributed by atoms with E-state index in [2.05, 4.69) is 34.9 Å². The summed E-state index contributed by atoms with van der Waals surface area (Å²) in [5.41, 5.74) is 5.07. The van der Waals surface area contributed by atoms with Crippen LogP contribution in [0.3, 0.4) is 0 Å². The molecule has 0 amide bonds. The van der Waals surface area contributed by atoms with Gasteiger partial charge in [0, 0.05) is 29.9 Å². The topological polar surface area (TPSA) is 76.7 Å². The van der Waals surface area contributed by atoms with Crippen LogP contribution in [0.1, 0.15) is 35.1 Å². The van der Waals surface area contributed by atoms with Crippen molar-refractivity contribution in [1.29, 1.82) is 0 Å². The SMILES string of the molecule is CCOC(=O)c1c(CCCOc2cccc3ccccc23)c2cccc3c2n1C/C=C\COCc1nn(C)c(OC)c1-3. The van der Waals surface area contributed by atoms with Crippen LogP contribution >= 0.6 is 0 Å². The van der Waals surface area contributed by atoms with E-state index in [0.717, 1.165) is 56.2 Å². The van der Waals surface area contributed by atoms with E-state index in [1.807, 2.05) is 56.5 Å². The first kappa shape index (κ1) is 27.6. The van der Waals surface area contributed by atoms with Gasteiger partial charge in [0.05, 0.1) is 44.6 Å². The molecule has 8 heteroatoms. The van der Waals surface area contributed by atoms with Crippen molar-refractivity contribution < 1.29 is 23.7 Å². The van der Waals surface area contributed by atoms with E-state index >= 15 is 0 Å². The fourth-order valence-corrected chi connectivity index (χ4v) is 5.94. The van der Waals surface area contributed by atoms with E-state index in [4.69, 9.17) is 24.0 Å². The Morgan fingerprint density at radius 3 is 2.69 bits per heavy atom. The molecule has 0 fully saturated rings. The summed E-state index contributed by atoms with van der Waals surface area (Å²) in [6.45, 7) is 3.92. The lowest BCUT2D eigenvalue weighted by Gasteiger charge is -2.12. The first-order valence-corrected chi connectivity index (χ1v) is 14.4. The van der Waals surface area contributed by atoms with Crippen molar-refractivity contribution >= 4 is 27.6 Å². The second-order valence-corrected chi connectivity index (χ2v) is 10.2. The molecule has 0 N–H and O–H groups in total. The Hall–Kier alpha value is -4.56. The molecular formula is C34H35N3O5. The minimum Gasteiger partial charge on any atom is -0.493 e. The molecule has 6 rings (SSSR count). The van der Waals surface area contributed by atoms with Gasteiger partial charge in [-0.1, -0.05) is 66.7 Å². The molecule has 0 bridgehead atoms. The molecule has 3 aromatic carbocycles. The second kappa shape index (κ2) is 12.1. The summed E-state index contributed by atoms with van der Waals surface area (Å²) < 4.78 is 27.4. The Morgan fingerprint density at radius 2 is 1.83 bits per heavy atom. The maximum atomic E-state index is 13.6. The van der Waals surface area contributed by atoms with E-state index < -0.39 is 0 Å². The Kier molecular flexibility index (Phi) is 7.97. The number of fused-ring (bicyclic) bond motifs is 3. The highest BCUT2D eigenvalue weighted by Gasteiger charge is 2.28. The summed E-state index contributed by atoms with van der Waals surface area (Å²) in [5, 5.41) is 7.96. The minimum absolute atomic E-state index is 0.293. The number of ether oxygens (including phenoxy) is 4. The number of aryl methyl sites for hydroxylation is 2. The number of aromatic nitrogens is 3. The predicted molar refractivity (Wildman–Crippen MR) is 163 cm³/mol. The lowest BCUT2D eigenvalue weighted by Crippen LogP contribution is -2.14. The number of benzene rings is 3. The van der Waals surface area contributed by atoms with Crippen LogP contribution in [0.25, 0.3) is 32.8 Å². The third-order valence-corrected chi connectivity index (χ3v) is 7.67. The van der Waals surface area contributed by atoms with Gasteiger partial charge in [0.2, 0.25) is 5.88 Å². The van der Waals surface area contributed by atoms with Gasteiger partial charge in [-0.15, -0.1) is 0 Å². The number of para-hydroxylation sites is 1. The summed E-state index contributed by atoms with van der Waals surface area (Å²) in [6, 6.07) is 20.5. The number of hydrogen-bond donors (Lipinski definition) is 0. The van der Waals surface area contributed by atoms with Crippen molar-refractivity contribution in [2.45, 2.75) is 32.9 Å². The van der Waals surface area contributed by atoms with E-state index in [-0.39, 0.29) is 5.97 Å². The Labute approximate surface area is 245 Å². The Bertz CT molecular complexity index is 1780.